The third-order valence-corrected chi connectivity index (χ3v) is 1.99. The molecule has 0 aliphatic heterocycles. The van der Waals surface area contributed by atoms with Crippen LogP contribution in [0.5, 0.6) is 11.5 Å². The van der Waals surface area contributed by atoms with E-state index < -0.39 is 0 Å². The number of amides is 1. The number of ether oxygens (including phenoxy) is 2. The smallest absolute Gasteiger partial charge is 0.237 e. The Kier molecular flexibility index (Phi) is 5.29. The second-order valence-corrected chi connectivity index (χ2v) is 3.71. The van der Waals surface area contributed by atoms with Crippen LogP contribution >= 0.6 is 0 Å². The fourth-order valence-corrected chi connectivity index (χ4v) is 1.26. The molecule has 0 heterocycles. The molecule has 0 bridgehead atoms. The Morgan fingerprint density at radius 1 is 1.35 bits per heavy atom. The molecule has 0 spiro atoms. The molecule has 0 aliphatic carbocycles. The van der Waals surface area contributed by atoms with Gasteiger partial charge in [0.2, 0.25) is 5.91 Å². The fraction of sp³-hybridized carbons (Fsp3) is 0.417. The van der Waals surface area contributed by atoms with Crippen LogP contribution in [0.2, 0.25) is 0 Å². The molecule has 5 nitrogen and oxygen atoms in total. The number of nitrogens with one attached hydrogen (secondary N) is 1. The maximum absolute atomic E-state index is 11.3. The zero-order valence-electron chi connectivity index (χ0n) is 10.4. The summed E-state index contributed by atoms with van der Waals surface area (Å²) in [5.74, 6) is 1.36. The van der Waals surface area contributed by atoms with Crippen molar-refractivity contribution in [3.05, 3.63) is 24.3 Å². The first kappa shape index (κ1) is 13.3. The zero-order chi connectivity index (χ0) is 12.7. The summed E-state index contributed by atoms with van der Waals surface area (Å²) in [6.07, 6.45) is 0.315. The molecule has 0 aromatic heterocycles. The van der Waals surface area contributed by atoms with Crippen molar-refractivity contribution in [1.29, 1.82) is 0 Å². The average molecular weight is 238 g/mol. The molecule has 0 atom stereocenters. The van der Waals surface area contributed by atoms with Gasteiger partial charge in [0.1, 0.15) is 11.5 Å². The van der Waals surface area contributed by atoms with Gasteiger partial charge >= 0.3 is 0 Å². The number of carbonyl (C=O) groups is 1. The van der Waals surface area contributed by atoms with Crippen molar-refractivity contribution in [2.24, 2.45) is 0 Å². The third-order valence-electron chi connectivity index (χ3n) is 1.99. The summed E-state index contributed by atoms with van der Waals surface area (Å²) >= 11 is 0. The van der Waals surface area contributed by atoms with Crippen molar-refractivity contribution in [3.8, 4) is 11.5 Å². The van der Waals surface area contributed by atoms with Gasteiger partial charge in [-0.25, -0.2) is 5.01 Å². The predicted octanol–water partition coefficient (Wildman–Crippen LogP) is 1.06. The van der Waals surface area contributed by atoms with Crippen LogP contribution in [0.1, 0.15) is 6.42 Å². The number of methoxy groups -OCH3 is 1. The summed E-state index contributed by atoms with van der Waals surface area (Å²) in [6, 6.07) is 7.29. The normalized spacial score (nSPS) is 10.1. The van der Waals surface area contributed by atoms with Gasteiger partial charge in [-0.15, -0.1) is 0 Å². The molecule has 1 rings (SSSR count). The SMILES string of the molecule is COc1cccc(OCCC(=O)NN(C)C)c1. The number of nitrogens with zero attached hydrogens (tertiary/aromatic N) is 1. The fourth-order valence-electron chi connectivity index (χ4n) is 1.26. The molecule has 0 unspecified atom stereocenters. The lowest BCUT2D eigenvalue weighted by Crippen LogP contribution is -2.36. The van der Waals surface area contributed by atoms with Crippen LogP contribution < -0.4 is 14.9 Å². The summed E-state index contributed by atoms with van der Waals surface area (Å²) < 4.78 is 10.5. The van der Waals surface area contributed by atoms with Gasteiger partial charge in [-0.2, -0.15) is 0 Å². The molecule has 1 aromatic carbocycles. The number of hydrogen-bond donors (Lipinski definition) is 1. The zero-order valence-corrected chi connectivity index (χ0v) is 10.4. The maximum atomic E-state index is 11.3. The Hall–Kier alpha value is -1.75. The van der Waals surface area contributed by atoms with Crippen LogP contribution in [-0.4, -0.2) is 38.7 Å². The van der Waals surface area contributed by atoms with Crippen molar-refractivity contribution >= 4 is 5.91 Å². The van der Waals surface area contributed by atoms with E-state index >= 15 is 0 Å². The molecule has 17 heavy (non-hydrogen) atoms. The van der Waals surface area contributed by atoms with Crippen LogP contribution in [0.25, 0.3) is 0 Å². The lowest BCUT2D eigenvalue weighted by atomic mass is 10.3. The lowest BCUT2D eigenvalue weighted by molar-refractivity contribution is -0.125. The maximum Gasteiger partial charge on any atom is 0.237 e. The van der Waals surface area contributed by atoms with Crippen molar-refractivity contribution in [1.82, 2.24) is 10.4 Å². The monoisotopic (exact) mass is 238 g/mol. The summed E-state index contributed by atoms with van der Waals surface area (Å²) in [6.45, 7) is 0.340. The highest BCUT2D eigenvalue weighted by Crippen LogP contribution is 2.18. The minimum atomic E-state index is -0.0714. The number of carbonyl (C=O) groups excluding carboxylic acids is 1. The van der Waals surface area contributed by atoms with E-state index in [-0.39, 0.29) is 5.91 Å². The van der Waals surface area contributed by atoms with Gasteiger partial charge in [-0.05, 0) is 12.1 Å². The Morgan fingerprint density at radius 2 is 2.06 bits per heavy atom. The topological polar surface area (TPSA) is 50.8 Å². The molecule has 1 amide bonds. The first-order chi connectivity index (χ1) is 8.11. The minimum absolute atomic E-state index is 0.0714. The van der Waals surface area contributed by atoms with Gasteiger partial charge in [0.25, 0.3) is 0 Å². The van der Waals surface area contributed by atoms with E-state index in [4.69, 9.17) is 9.47 Å². The van der Waals surface area contributed by atoms with Gasteiger partial charge in [0.05, 0.1) is 20.1 Å². The van der Waals surface area contributed by atoms with E-state index in [1.54, 1.807) is 32.3 Å². The van der Waals surface area contributed by atoms with Gasteiger partial charge in [0.15, 0.2) is 0 Å². The second kappa shape index (κ2) is 6.75. The molecular formula is C12H18N2O3. The van der Waals surface area contributed by atoms with E-state index in [1.165, 1.54) is 0 Å². The summed E-state index contributed by atoms with van der Waals surface area (Å²) in [7, 11) is 5.13. The van der Waals surface area contributed by atoms with Crippen molar-refractivity contribution in [2.75, 3.05) is 27.8 Å². The van der Waals surface area contributed by atoms with E-state index in [9.17, 15) is 4.79 Å². The molecule has 94 valence electrons. The minimum Gasteiger partial charge on any atom is -0.497 e. The molecule has 0 saturated carbocycles. The Balaban J connectivity index is 2.32. The molecular weight excluding hydrogens is 220 g/mol. The van der Waals surface area contributed by atoms with Crippen LogP contribution in [0.15, 0.2) is 24.3 Å². The van der Waals surface area contributed by atoms with Crippen LogP contribution in [0.4, 0.5) is 0 Å². The van der Waals surface area contributed by atoms with E-state index in [1.807, 2.05) is 18.2 Å². The number of benzene rings is 1. The molecule has 5 heteroatoms. The Morgan fingerprint density at radius 3 is 2.71 bits per heavy atom. The molecule has 0 fully saturated rings. The quantitative estimate of drug-likeness (QED) is 0.753. The van der Waals surface area contributed by atoms with Crippen LogP contribution in [0.3, 0.4) is 0 Å². The van der Waals surface area contributed by atoms with Gasteiger partial charge in [-0.1, -0.05) is 6.07 Å². The molecule has 0 saturated heterocycles. The second-order valence-electron chi connectivity index (χ2n) is 3.71. The van der Waals surface area contributed by atoms with E-state index in [0.29, 0.717) is 18.8 Å². The molecule has 1 N–H and O–H groups in total. The van der Waals surface area contributed by atoms with Gasteiger partial charge < -0.3 is 9.47 Å². The Labute approximate surface area is 101 Å². The van der Waals surface area contributed by atoms with Crippen LogP contribution in [-0.2, 0) is 4.79 Å². The molecule has 0 radical (unpaired) electrons. The largest absolute Gasteiger partial charge is 0.497 e. The number of hydrazine groups is 1. The van der Waals surface area contributed by atoms with Gasteiger partial charge in [0, 0.05) is 20.2 Å². The number of hydrogen-bond acceptors (Lipinski definition) is 4. The highest BCUT2D eigenvalue weighted by Gasteiger charge is 2.02. The first-order valence-electron chi connectivity index (χ1n) is 5.35. The molecule has 1 aromatic rings. The van der Waals surface area contributed by atoms with Crippen LogP contribution in [0, 0.1) is 0 Å². The summed E-state index contributed by atoms with van der Waals surface area (Å²) in [5.41, 5.74) is 2.64. The van der Waals surface area contributed by atoms with Gasteiger partial charge in [-0.3, -0.25) is 10.2 Å². The summed E-state index contributed by atoms with van der Waals surface area (Å²) in [4.78, 5) is 11.3. The van der Waals surface area contributed by atoms with Crippen molar-refractivity contribution < 1.29 is 14.3 Å². The number of rotatable bonds is 6. The van der Waals surface area contributed by atoms with Crippen molar-refractivity contribution in [2.45, 2.75) is 6.42 Å². The Bertz CT molecular complexity index is 367. The average Bonchev–Trinajstić information content (AvgIpc) is 2.28. The highest BCUT2D eigenvalue weighted by atomic mass is 16.5. The predicted molar refractivity (Wildman–Crippen MR) is 64.9 cm³/mol. The van der Waals surface area contributed by atoms with Crippen molar-refractivity contribution in [3.63, 3.8) is 0 Å². The highest BCUT2D eigenvalue weighted by molar-refractivity contribution is 5.75. The third kappa shape index (κ3) is 5.21. The van der Waals surface area contributed by atoms with E-state index in [0.717, 1.165) is 5.75 Å². The first-order valence-corrected chi connectivity index (χ1v) is 5.35. The van der Waals surface area contributed by atoms with E-state index in [2.05, 4.69) is 5.43 Å². The lowest BCUT2D eigenvalue weighted by Gasteiger charge is -2.12. The molecule has 0 aliphatic rings. The standard InChI is InChI=1S/C12H18N2O3/c1-14(2)13-12(15)7-8-17-11-6-4-5-10(9-11)16-3/h4-6,9H,7-8H2,1-3H3,(H,13,15). The summed E-state index contributed by atoms with van der Waals surface area (Å²) in [5, 5.41) is 1.61.